The van der Waals surface area contributed by atoms with E-state index < -0.39 is 0 Å². The first-order chi connectivity index (χ1) is 8.36. The zero-order valence-electron chi connectivity index (χ0n) is 9.48. The van der Waals surface area contributed by atoms with Crippen molar-refractivity contribution >= 4 is 33.5 Å². The molecule has 0 atom stereocenters. The van der Waals surface area contributed by atoms with Gasteiger partial charge >= 0.3 is 0 Å². The van der Waals surface area contributed by atoms with Crippen LogP contribution in [0.1, 0.15) is 28.9 Å². The zero-order valence-corrected chi connectivity index (χ0v) is 10.3. The van der Waals surface area contributed by atoms with Crippen LogP contribution in [0, 0.1) is 5.92 Å². The molecular formula is C13H14N2OS. The van der Waals surface area contributed by atoms with Gasteiger partial charge in [-0.1, -0.05) is 6.42 Å². The molecule has 17 heavy (non-hydrogen) atoms. The Kier molecular flexibility index (Phi) is 2.81. The third-order valence-electron chi connectivity index (χ3n) is 3.38. The smallest absolute Gasteiger partial charge is 0.160 e. The molecule has 1 N–H and O–H groups in total. The van der Waals surface area contributed by atoms with E-state index in [-0.39, 0.29) is 0 Å². The van der Waals surface area contributed by atoms with Crippen LogP contribution in [-0.4, -0.2) is 17.8 Å². The molecule has 3 nitrogen and oxygen atoms in total. The number of anilines is 1. The number of thiophene rings is 1. The average molecular weight is 246 g/mol. The van der Waals surface area contributed by atoms with E-state index in [1.807, 2.05) is 12.1 Å². The standard InChI is InChI=1S/C13H14N2OS/c16-8-10-6-11-12(4-5-14-13(11)17-10)15-7-9-2-1-3-9/h4-6,8-9H,1-3,7H2,(H,14,15). The number of hydrogen-bond donors (Lipinski definition) is 1. The third kappa shape index (κ3) is 2.05. The van der Waals surface area contributed by atoms with Gasteiger partial charge in [0.05, 0.1) is 4.88 Å². The molecule has 2 aromatic heterocycles. The number of aromatic nitrogens is 1. The number of hydrogen-bond acceptors (Lipinski definition) is 4. The molecule has 0 saturated heterocycles. The lowest BCUT2D eigenvalue weighted by Gasteiger charge is -2.25. The quantitative estimate of drug-likeness (QED) is 0.841. The Morgan fingerprint density at radius 1 is 1.53 bits per heavy atom. The molecule has 3 rings (SSSR count). The van der Waals surface area contributed by atoms with Gasteiger partial charge < -0.3 is 5.32 Å². The molecule has 2 heterocycles. The summed E-state index contributed by atoms with van der Waals surface area (Å²) in [6, 6.07) is 3.91. The Morgan fingerprint density at radius 3 is 3.12 bits per heavy atom. The normalized spacial score (nSPS) is 15.8. The number of carbonyl (C=O) groups is 1. The van der Waals surface area contributed by atoms with Crippen molar-refractivity contribution in [3.63, 3.8) is 0 Å². The van der Waals surface area contributed by atoms with Gasteiger partial charge in [-0.2, -0.15) is 0 Å². The van der Waals surface area contributed by atoms with Crippen molar-refractivity contribution in [1.29, 1.82) is 0 Å². The summed E-state index contributed by atoms with van der Waals surface area (Å²) in [5, 5.41) is 4.55. The predicted octanol–water partition coefficient (Wildman–Crippen LogP) is 3.32. The van der Waals surface area contributed by atoms with E-state index in [2.05, 4.69) is 10.3 Å². The maximum Gasteiger partial charge on any atom is 0.160 e. The van der Waals surface area contributed by atoms with Crippen LogP contribution in [0.2, 0.25) is 0 Å². The molecule has 1 aliphatic carbocycles. The summed E-state index contributed by atoms with van der Waals surface area (Å²) in [7, 11) is 0. The van der Waals surface area contributed by atoms with E-state index in [9.17, 15) is 4.79 Å². The fraction of sp³-hybridized carbons (Fsp3) is 0.385. The monoisotopic (exact) mass is 246 g/mol. The molecule has 0 unspecified atom stereocenters. The topological polar surface area (TPSA) is 42.0 Å². The van der Waals surface area contributed by atoms with E-state index in [4.69, 9.17) is 0 Å². The number of fused-ring (bicyclic) bond motifs is 1. The van der Waals surface area contributed by atoms with Crippen LogP contribution < -0.4 is 5.32 Å². The Hall–Kier alpha value is -1.42. The van der Waals surface area contributed by atoms with Crippen molar-refractivity contribution in [2.45, 2.75) is 19.3 Å². The minimum Gasteiger partial charge on any atom is -0.384 e. The first kappa shape index (κ1) is 10.7. The van der Waals surface area contributed by atoms with Gasteiger partial charge in [0, 0.05) is 23.8 Å². The van der Waals surface area contributed by atoms with Crippen LogP contribution in [0.5, 0.6) is 0 Å². The Morgan fingerprint density at radius 2 is 2.41 bits per heavy atom. The van der Waals surface area contributed by atoms with Crippen molar-refractivity contribution in [2.24, 2.45) is 5.92 Å². The van der Waals surface area contributed by atoms with Crippen LogP contribution in [0.4, 0.5) is 5.69 Å². The van der Waals surface area contributed by atoms with Gasteiger partial charge in [-0.25, -0.2) is 4.98 Å². The van der Waals surface area contributed by atoms with Gasteiger partial charge in [0.1, 0.15) is 4.83 Å². The molecule has 0 radical (unpaired) electrons. The summed E-state index contributed by atoms with van der Waals surface area (Å²) in [4.78, 5) is 16.7. The summed E-state index contributed by atoms with van der Waals surface area (Å²) in [6.07, 6.45) is 6.74. The molecule has 0 spiro atoms. The molecule has 0 amide bonds. The lowest BCUT2D eigenvalue weighted by atomic mass is 9.85. The highest BCUT2D eigenvalue weighted by atomic mass is 32.1. The Labute approximate surface area is 104 Å². The maximum atomic E-state index is 10.8. The Balaban J connectivity index is 1.86. The number of aldehydes is 1. The van der Waals surface area contributed by atoms with Gasteiger partial charge in [-0.15, -0.1) is 11.3 Å². The summed E-state index contributed by atoms with van der Waals surface area (Å²) in [6.45, 7) is 1.03. The highest BCUT2D eigenvalue weighted by molar-refractivity contribution is 7.20. The SMILES string of the molecule is O=Cc1cc2c(NCC3CCC3)ccnc2s1. The lowest BCUT2D eigenvalue weighted by molar-refractivity contribution is 0.112. The summed E-state index contributed by atoms with van der Waals surface area (Å²) in [5.74, 6) is 0.822. The largest absolute Gasteiger partial charge is 0.384 e. The number of nitrogens with zero attached hydrogens (tertiary/aromatic N) is 1. The van der Waals surface area contributed by atoms with Crippen LogP contribution in [-0.2, 0) is 0 Å². The second-order valence-corrected chi connectivity index (χ2v) is 5.58. The molecule has 1 fully saturated rings. The van der Waals surface area contributed by atoms with E-state index >= 15 is 0 Å². The molecule has 0 bridgehead atoms. The molecule has 4 heteroatoms. The van der Waals surface area contributed by atoms with Crippen LogP contribution in [0.3, 0.4) is 0 Å². The second kappa shape index (κ2) is 4.45. The van der Waals surface area contributed by atoms with Crippen molar-refractivity contribution in [3.8, 4) is 0 Å². The van der Waals surface area contributed by atoms with E-state index in [1.54, 1.807) is 6.20 Å². The summed E-state index contributed by atoms with van der Waals surface area (Å²) >= 11 is 1.45. The average Bonchev–Trinajstić information content (AvgIpc) is 2.70. The van der Waals surface area contributed by atoms with Gasteiger partial charge in [-0.05, 0) is 30.9 Å². The molecule has 0 aliphatic heterocycles. The molecule has 1 aliphatic rings. The van der Waals surface area contributed by atoms with E-state index in [0.29, 0.717) is 0 Å². The summed E-state index contributed by atoms with van der Waals surface area (Å²) in [5.41, 5.74) is 1.10. The van der Waals surface area contributed by atoms with Crippen molar-refractivity contribution in [3.05, 3.63) is 23.2 Å². The van der Waals surface area contributed by atoms with E-state index in [1.165, 1.54) is 30.6 Å². The number of carbonyl (C=O) groups excluding carboxylic acids is 1. The van der Waals surface area contributed by atoms with Crippen molar-refractivity contribution in [1.82, 2.24) is 4.98 Å². The number of nitrogens with one attached hydrogen (secondary N) is 1. The number of pyridine rings is 1. The van der Waals surface area contributed by atoms with Gasteiger partial charge in [0.25, 0.3) is 0 Å². The fourth-order valence-corrected chi connectivity index (χ4v) is 2.96. The first-order valence-electron chi connectivity index (χ1n) is 5.94. The predicted molar refractivity (Wildman–Crippen MR) is 70.8 cm³/mol. The third-order valence-corrected chi connectivity index (χ3v) is 4.35. The van der Waals surface area contributed by atoms with Crippen LogP contribution >= 0.6 is 11.3 Å². The highest BCUT2D eigenvalue weighted by Crippen LogP contribution is 2.31. The summed E-state index contributed by atoms with van der Waals surface area (Å²) < 4.78 is 0. The zero-order chi connectivity index (χ0) is 11.7. The van der Waals surface area contributed by atoms with Crippen molar-refractivity contribution in [2.75, 3.05) is 11.9 Å². The van der Waals surface area contributed by atoms with Crippen LogP contribution in [0.25, 0.3) is 10.2 Å². The molecule has 1 saturated carbocycles. The molecule has 88 valence electrons. The maximum absolute atomic E-state index is 10.8. The fourth-order valence-electron chi connectivity index (χ4n) is 2.12. The highest BCUT2D eigenvalue weighted by Gasteiger charge is 2.17. The minimum absolute atomic E-state index is 0.741. The number of rotatable bonds is 4. The molecule has 2 aromatic rings. The second-order valence-electron chi connectivity index (χ2n) is 4.52. The van der Waals surface area contributed by atoms with E-state index in [0.717, 1.165) is 39.5 Å². The van der Waals surface area contributed by atoms with Crippen LogP contribution in [0.15, 0.2) is 18.3 Å². The van der Waals surface area contributed by atoms with Crippen molar-refractivity contribution < 1.29 is 4.79 Å². The van der Waals surface area contributed by atoms with Gasteiger partial charge in [-0.3, -0.25) is 4.79 Å². The van der Waals surface area contributed by atoms with Gasteiger partial charge in [0.2, 0.25) is 0 Å². The first-order valence-corrected chi connectivity index (χ1v) is 6.76. The molecule has 0 aromatic carbocycles. The van der Waals surface area contributed by atoms with Gasteiger partial charge in [0.15, 0.2) is 6.29 Å². The Bertz CT molecular complexity index is 545. The minimum atomic E-state index is 0.741. The lowest BCUT2D eigenvalue weighted by Crippen LogP contribution is -2.20. The molecular weight excluding hydrogens is 232 g/mol.